The number of nitrogens with two attached hydrogens (primary N) is 1. The summed E-state index contributed by atoms with van der Waals surface area (Å²) in [5.74, 6) is 6.11. The third kappa shape index (κ3) is 2.46. The predicted octanol–water partition coefficient (Wildman–Crippen LogP) is 1.38. The lowest BCUT2D eigenvalue weighted by Crippen LogP contribution is -2.35. The normalized spacial score (nSPS) is 18.5. The van der Waals surface area contributed by atoms with E-state index in [1.807, 2.05) is 4.90 Å². The molecule has 3 rings (SSSR count). The first-order valence-electron chi connectivity index (χ1n) is 6.51. The van der Waals surface area contributed by atoms with Crippen molar-refractivity contribution in [2.24, 2.45) is 11.8 Å². The van der Waals surface area contributed by atoms with Gasteiger partial charge in [0.25, 0.3) is 5.91 Å². The van der Waals surface area contributed by atoms with Gasteiger partial charge in [0.2, 0.25) is 0 Å². The number of nitrogen functional groups attached to an aromatic ring is 1. The molecule has 5 nitrogen and oxygen atoms in total. The van der Waals surface area contributed by atoms with E-state index in [9.17, 15) is 4.79 Å². The Labute approximate surface area is 106 Å². The summed E-state index contributed by atoms with van der Waals surface area (Å²) in [5, 5.41) is 0. The van der Waals surface area contributed by atoms with Gasteiger partial charge in [-0.25, -0.2) is 0 Å². The zero-order valence-corrected chi connectivity index (χ0v) is 10.3. The van der Waals surface area contributed by atoms with Crippen molar-refractivity contribution in [1.29, 1.82) is 0 Å². The Balaban J connectivity index is 1.77. The Morgan fingerprint density at radius 1 is 1.44 bits per heavy atom. The first-order chi connectivity index (χ1) is 8.78. The molecular weight excluding hydrogens is 228 g/mol. The SMILES string of the molecule is NNc1ccnc(C(=O)N(CC2CC2)C2CC2)c1. The molecule has 0 unspecified atom stereocenters. The minimum Gasteiger partial charge on any atom is -0.334 e. The highest BCUT2D eigenvalue weighted by Gasteiger charge is 2.37. The van der Waals surface area contributed by atoms with Crippen LogP contribution in [0.5, 0.6) is 0 Å². The number of carbonyl (C=O) groups excluding carboxylic acids is 1. The second-order valence-corrected chi connectivity index (χ2v) is 5.21. The molecule has 1 aromatic rings. The van der Waals surface area contributed by atoms with Crippen molar-refractivity contribution < 1.29 is 4.79 Å². The van der Waals surface area contributed by atoms with Gasteiger partial charge in [-0.05, 0) is 43.7 Å². The summed E-state index contributed by atoms with van der Waals surface area (Å²) in [6.45, 7) is 0.894. The number of anilines is 1. The maximum atomic E-state index is 12.5. The minimum absolute atomic E-state index is 0.0431. The highest BCUT2D eigenvalue weighted by atomic mass is 16.2. The first-order valence-corrected chi connectivity index (χ1v) is 6.51. The summed E-state index contributed by atoms with van der Waals surface area (Å²) < 4.78 is 0. The third-order valence-corrected chi connectivity index (χ3v) is 3.55. The Hall–Kier alpha value is -1.62. The highest BCUT2D eigenvalue weighted by molar-refractivity contribution is 5.93. The van der Waals surface area contributed by atoms with Crippen molar-refractivity contribution in [3.63, 3.8) is 0 Å². The van der Waals surface area contributed by atoms with Crippen LogP contribution in [0, 0.1) is 5.92 Å². The molecule has 1 heterocycles. The molecule has 0 aromatic carbocycles. The van der Waals surface area contributed by atoms with Crippen LogP contribution in [0.4, 0.5) is 5.69 Å². The summed E-state index contributed by atoms with van der Waals surface area (Å²) >= 11 is 0. The predicted molar refractivity (Wildman–Crippen MR) is 68.8 cm³/mol. The molecule has 96 valence electrons. The first kappa shape index (κ1) is 11.5. The van der Waals surface area contributed by atoms with Gasteiger partial charge in [-0.1, -0.05) is 0 Å². The standard InChI is InChI=1S/C13H18N4O/c14-16-10-5-6-15-12(7-10)13(18)17(11-3-4-11)8-9-1-2-9/h5-7,9,11H,1-4,8,14H2,(H,15,16). The number of carbonyl (C=O) groups is 1. The van der Waals surface area contributed by atoms with E-state index in [2.05, 4.69) is 10.4 Å². The zero-order chi connectivity index (χ0) is 12.5. The van der Waals surface area contributed by atoms with Crippen LogP contribution in [0.3, 0.4) is 0 Å². The molecule has 1 aromatic heterocycles. The number of nitrogens with zero attached hydrogens (tertiary/aromatic N) is 2. The van der Waals surface area contributed by atoms with Gasteiger partial charge >= 0.3 is 0 Å². The largest absolute Gasteiger partial charge is 0.334 e. The number of aromatic nitrogens is 1. The van der Waals surface area contributed by atoms with E-state index in [0.29, 0.717) is 17.7 Å². The fraction of sp³-hybridized carbons (Fsp3) is 0.538. The monoisotopic (exact) mass is 246 g/mol. The van der Waals surface area contributed by atoms with Crippen molar-refractivity contribution in [3.05, 3.63) is 24.0 Å². The van der Waals surface area contributed by atoms with E-state index in [4.69, 9.17) is 5.84 Å². The molecule has 0 spiro atoms. The van der Waals surface area contributed by atoms with Crippen LogP contribution in [0.2, 0.25) is 0 Å². The number of nitrogens with one attached hydrogen (secondary N) is 1. The maximum absolute atomic E-state index is 12.5. The third-order valence-electron chi connectivity index (χ3n) is 3.55. The molecule has 2 fully saturated rings. The van der Waals surface area contributed by atoms with Crippen molar-refractivity contribution in [2.45, 2.75) is 31.7 Å². The van der Waals surface area contributed by atoms with E-state index in [1.165, 1.54) is 12.8 Å². The Kier molecular flexibility index (Phi) is 2.91. The number of hydrogen-bond acceptors (Lipinski definition) is 4. The minimum atomic E-state index is 0.0431. The van der Waals surface area contributed by atoms with E-state index < -0.39 is 0 Å². The average molecular weight is 246 g/mol. The molecule has 0 aliphatic heterocycles. The summed E-state index contributed by atoms with van der Waals surface area (Å²) in [5.41, 5.74) is 3.75. The molecule has 2 aliphatic carbocycles. The maximum Gasteiger partial charge on any atom is 0.272 e. The van der Waals surface area contributed by atoms with E-state index in [0.717, 1.165) is 25.1 Å². The van der Waals surface area contributed by atoms with Gasteiger partial charge in [-0.15, -0.1) is 0 Å². The van der Waals surface area contributed by atoms with Crippen LogP contribution in [0.1, 0.15) is 36.2 Å². The van der Waals surface area contributed by atoms with Gasteiger partial charge in [0.1, 0.15) is 5.69 Å². The van der Waals surface area contributed by atoms with Crippen molar-refractivity contribution in [1.82, 2.24) is 9.88 Å². The number of hydrazine groups is 1. The van der Waals surface area contributed by atoms with Crippen LogP contribution in [0.15, 0.2) is 18.3 Å². The quantitative estimate of drug-likeness (QED) is 0.608. The Morgan fingerprint density at radius 2 is 2.22 bits per heavy atom. The highest BCUT2D eigenvalue weighted by Crippen LogP contribution is 2.35. The summed E-state index contributed by atoms with van der Waals surface area (Å²) in [4.78, 5) is 18.6. The van der Waals surface area contributed by atoms with Gasteiger partial charge in [0.15, 0.2) is 0 Å². The molecule has 2 aliphatic rings. The number of rotatable bonds is 5. The summed E-state index contributed by atoms with van der Waals surface area (Å²) in [6, 6.07) is 3.90. The lowest BCUT2D eigenvalue weighted by molar-refractivity contribution is 0.0729. The Morgan fingerprint density at radius 3 is 2.83 bits per heavy atom. The lowest BCUT2D eigenvalue weighted by Gasteiger charge is -2.22. The topological polar surface area (TPSA) is 71.2 Å². The number of pyridine rings is 1. The number of hydrogen-bond donors (Lipinski definition) is 2. The molecule has 0 atom stereocenters. The van der Waals surface area contributed by atoms with Gasteiger partial charge < -0.3 is 10.3 Å². The fourth-order valence-corrected chi connectivity index (χ4v) is 2.15. The van der Waals surface area contributed by atoms with E-state index in [1.54, 1.807) is 18.3 Å². The van der Waals surface area contributed by atoms with Crippen molar-refractivity contribution >= 4 is 11.6 Å². The van der Waals surface area contributed by atoms with Gasteiger partial charge in [-0.2, -0.15) is 0 Å². The van der Waals surface area contributed by atoms with Crippen LogP contribution in [-0.2, 0) is 0 Å². The van der Waals surface area contributed by atoms with E-state index >= 15 is 0 Å². The van der Waals surface area contributed by atoms with Crippen molar-refractivity contribution in [2.75, 3.05) is 12.0 Å². The lowest BCUT2D eigenvalue weighted by atomic mass is 10.2. The van der Waals surface area contributed by atoms with Crippen LogP contribution in [0.25, 0.3) is 0 Å². The smallest absolute Gasteiger partial charge is 0.272 e. The molecule has 5 heteroatoms. The van der Waals surface area contributed by atoms with Crippen LogP contribution >= 0.6 is 0 Å². The van der Waals surface area contributed by atoms with Crippen LogP contribution < -0.4 is 11.3 Å². The second kappa shape index (κ2) is 4.57. The average Bonchev–Trinajstić information content (AvgIpc) is 3.28. The second-order valence-electron chi connectivity index (χ2n) is 5.21. The van der Waals surface area contributed by atoms with Crippen LogP contribution in [-0.4, -0.2) is 28.4 Å². The molecule has 3 N–H and O–H groups in total. The Bertz CT molecular complexity index is 454. The van der Waals surface area contributed by atoms with Gasteiger partial charge in [-0.3, -0.25) is 15.6 Å². The van der Waals surface area contributed by atoms with Gasteiger partial charge in [0.05, 0.1) is 5.69 Å². The van der Waals surface area contributed by atoms with Crippen molar-refractivity contribution in [3.8, 4) is 0 Å². The van der Waals surface area contributed by atoms with Gasteiger partial charge in [0, 0.05) is 18.8 Å². The molecule has 0 saturated heterocycles. The molecule has 0 bridgehead atoms. The summed E-state index contributed by atoms with van der Waals surface area (Å²) in [7, 11) is 0. The summed E-state index contributed by atoms with van der Waals surface area (Å²) in [6.07, 6.45) is 6.40. The molecule has 2 saturated carbocycles. The molecular formula is C13H18N4O. The zero-order valence-electron chi connectivity index (χ0n) is 10.3. The van der Waals surface area contributed by atoms with E-state index in [-0.39, 0.29) is 5.91 Å². The number of amides is 1. The molecule has 1 amide bonds. The fourth-order valence-electron chi connectivity index (χ4n) is 2.15. The molecule has 18 heavy (non-hydrogen) atoms. The molecule has 0 radical (unpaired) electrons.